The van der Waals surface area contributed by atoms with Gasteiger partial charge in [-0.25, -0.2) is 0 Å². The van der Waals surface area contributed by atoms with Gasteiger partial charge >= 0.3 is 0 Å². The average molecular weight is 575 g/mol. The Morgan fingerprint density at radius 1 is 0.881 bits per heavy atom. The molecule has 6 rings (SSSR count). The van der Waals surface area contributed by atoms with Crippen LogP contribution in [-0.4, -0.2) is 75.0 Å². The van der Waals surface area contributed by atoms with Crippen LogP contribution in [0.1, 0.15) is 32.6 Å². The third-order valence-corrected chi connectivity index (χ3v) is 7.90. The molecule has 42 heavy (non-hydrogen) atoms. The molecule has 3 aliphatic heterocycles. The minimum Gasteiger partial charge on any atom is -0.507 e. The molecule has 10 heteroatoms. The van der Waals surface area contributed by atoms with Crippen molar-refractivity contribution in [2.24, 2.45) is 0 Å². The number of phenolic OH excluding ortho intramolecular Hbond substituents is 1. The van der Waals surface area contributed by atoms with Crippen molar-refractivity contribution in [2.75, 3.05) is 54.3 Å². The molecule has 0 spiro atoms. The Kier molecular flexibility index (Phi) is 7.57. The first-order valence-corrected chi connectivity index (χ1v) is 13.8. The van der Waals surface area contributed by atoms with Gasteiger partial charge in [0.15, 0.2) is 28.8 Å². The number of piperazine rings is 1. The van der Waals surface area contributed by atoms with E-state index in [1.165, 1.54) is 26.9 Å². The SMILES string of the molecule is COc1cc(C=C2Oc3c(CN4CCN(Cc5ccc6c(c5)OCO6)CC4)c(O)cc(C)c3C2=O)cc(OC)c1OC. The maximum atomic E-state index is 13.5. The fourth-order valence-corrected chi connectivity index (χ4v) is 5.70. The predicted octanol–water partition coefficient (Wildman–Crippen LogP) is 4.39. The summed E-state index contributed by atoms with van der Waals surface area (Å²) in [6, 6.07) is 11.2. The van der Waals surface area contributed by atoms with E-state index < -0.39 is 0 Å². The molecule has 0 unspecified atom stereocenters. The maximum absolute atomic E-state index is 13.5. The molecule has 0 aromatic heterocycles. The van der Waals surface area contributed by atoms with E-state index in [4.69, 9.17) is 28.4 Å². The summed E-state index contributed by atoms with van der Waals surface area (Å²) in [6.07, 6.45) is 1.65. The van der Waals surface area contributed by atoms with Crippen molar-refractivity contribution in [3.8, 4) is 40.2 Å². The summed E-state index contributed by atoms with van der Waals surface area (Å²) in [5, 5.41) is 10.9. The third-order valence-electron chi connectivity index (χ3n) is 7.90. The number of Topliss-reactive ketones (excluding diaryl/α,β-unsaturated/α-hetero) is 1. The van der Waals surface area contributed by atoms with Crippen molar-refractivity contribution in [1.82, 2.24) is 9.80 Å². The number of methoxy groups -OCH3 is 3. The number of allylic oxidation sites excluding steroid dienone is 1. The minimum absolute atomic E-state index is 0.121. The van der Waals surface area contributed by atoms with Crippen LogP contribution in [0.4, 0.5) is 0 Å². The highest BCUT2D eigenvalue weighted by atomic mass is 16.7. The van der Waals surface area contributed by atoms with Crippen molar-refractivity contribution in [3.63, 3.8) is 0 Å². The molecule has 0 amide bonds. The lowest BCUT2D eigenvalue weighted by molar-refractivity contribution is 0.101. The van der Waals surface area contributed by atoms with E-state index in [-0.39, 0.29) is 24.1 Å². The number of benzene rings is 3. The molecule has 3 aliphatic rings. The van der Waals surface area contributed by atoms with Gasteiger partial charge in [0.1, 0.15) is 11.5 Å². The van der Waals surface area contributed by atoms with Gasteiger partial charge in [-0.3, -0.25) is 14.6 Å². The molecule has 3 aromatic rings. The van der Waals surface area contributed by atoms with Crippen molar-refractivity contribution < 1.29 is 38.3 Å². The molecule has 0 aliphatic carbocycles. The highest BCUT2D eigenvalue weighted by Gasteiger charge is 2.34. The minimum atomic E-state index is -0.231. The Balaban J connectivity index is 1.18. The van der Waals surface area contributed by atoms with Gasteiger partial charge in [-0.1, -0.05) is 6.07 Å². The highest BCUT2D eigenvalue weighted by Crippen LogP contribution is 2.44. The van der Waals surface area contributed by atoms with Crippen molar-refractivity contribution in [1.29, 1.82) is 0 Å². The average Bonchev–Trinajstić information content (AvgIpc) is 3.59. The van der Waals surface area contributed by atoms with Gasteiger partial charge < -0.3 is 33.5 Å². The Hall–Kier alpha value is -4.41. The lowest BCUT2D eigenvalue weighted by Crippen LogP contribution is -2.45. The van der Waals surface area contributed by atoms with Crippen molar-refractivity contribution >= 4 is 11.9 Å². The number of fused-ring (bicyclic) bond motifs is 2. The summed E-state index contributed by atoms with van der Waals surface area (Å²) in [7, 11) is 4.61. The number of ketones is 1. The highest BCUT2D eigenvalue weighted by molar-refractivity contribution is 6.16. The van der Waals surface area contributed by atoms with Gasteiger partial charge in [-0.05, 0) is 60.0 Å². The maximum Gasteiger partial charge on any atom is 0.232 e. The first kappa shape index (κ1) is 27.7. The Labute approximate surface area is 244 Å². The van der Waals surface area contributed by atoms with E-state index in [1.54, 1.807) is 31.2 Å². The number of carbonyl (C=O) groups excluding carboxylic acids is 1. The fraction of sp³-hybridized carbons (Fsp3) is 0.344. The molecule has 0 saturated carbocycles. The van der Waals surface area contributed by atoms with Crippen molar-refractivity contribution in [2.45, 2.75) is 20.0 Å². The standard InChI is InChI=1S/C32H34N2O8/c1-19-11-23(35)22(17-34-9-7-33(8-10-34)16-20-5-6-24-25(12-20)41-18-40-24)31-29(19)30(36)26(42-31)13-21-14-27(37-2)32(39-4)28(15-21)38-3/h5-6,11-15,35H,7-10,16-18H2,1-4H3. The third kappa shape index (κ3) is 5.19. The van der Waals surface area contributed by atoms with Crippen LogP contribution in [-0.2, 0) is 13.1 Å². The van der Waals surface area contributed by atoms with E-state index in [2.05, 4.69) is 15.9 Å². The normalized spacial score (nSPS) is 17.3. The Morgan fingerprint density at radius 3 is 2.21 bits per heavy atom. The van der Waals surface area contributed by atoms with Gasteiger partial charge in [0, 0.05) is 39.3 Å². The van der Waals surface area contributed by atoms with Gasteiger partial charge in [-0.2, -0.15) is 0 Å². The topological polar surface area (TPSA) is 99.2 Å². The second-order valence-electron chi connectivity index (χ2n) is 10.5. The molecule has 3 aromatic carbocycles. The smallest absolute Gasteiger partial charge is 0.232 e. The van der Waals surface area contributed by atoms with E-state index in [1.807, 2.05) is 12.1 Å². The molecular formula is C32H34N2O8. The lowest BCUT2D eigenvalue weighted by atomic mass is 9.99. The van der Waals surface area contributed by atoms with Crippen LogP contribution in [0, 0.1) is 6.92 Å². The zero-order valence-corrected chi connectivity index (χ0v) is 24.2. The van der Waals surface area contributed by atoms with Crippen LogP contribution in [0.5, 0.6) is 40.2 Å². The fourth-order valence-electron chi connectivity index (χ4n) is 5.70. The van der Waals surface area contributed by atoms with Gasteiger partial charge in [0.05, 0.1) is 32.5 Å². The number of aromatic hydroxyl groups is 1. The summed E-state index contributed by atoms with van der Waals surface area (Å²) >= 11 is 0. The number of ether oxygens (including phenoxy) is 6. The molecule has 10 nitrogen and oxygen atoms in total. The number of phenols is 1. The largest absolute Gasteiger partial charge is 0.507 e. The van der Waals surface area contributed by atoms with E-state index >= 15 is 0 Å². The monoisotopic (exact) mass is 574 g/mol. The summed E-state index contributed by atoms with van der Waals surface area (Å²) in [5.41, 5.74) is 3.59. The molecule has 1 N–H and O–H groups in total. The van der Waals surface area contributed by atoms with E-state index in [0.717, 1.165) is 44.2 Å². The molecular weight excluding hydrogens is 540 g/mol. The molecule has 1 saturated heterocycles. The first-order chi connectivity index (χ1) is 20.4. The van der Waals surface area contributed by atoms with Crippen LogP contribution >= 0.6 is 0 Å². The van der Waals surface area contributed by atoms with Crippen molar-refractivity contribution in [3.05, 3.63) is 70.0 Å². The van der Waals surface area contributed by atoms with Crippen LogP contribution in [0.2, 0.25) is 0 Å². The molecule has 0 radical (unpaired) electrons. The van der Waals surface area contributed by atoms with Crippen LogP contribution in [0.3, 0.4) is 0 Å². The first-order valence-electron chi connectivity index (χ1n) is 13.8. The summed E-state index contributed by atoms with van der Waals surface area (Å²) in [4.78, 5) is 18.2. The van der Waals surface area contributed by atoms with Gasteiger partial charge in [0.25, 0.3) is 0 Å². The Morgan fingerprint density at radius 2 is 1.55 bits per heavy atom. The zero-order chi connectivity index (χ0) is 29.4. The number of nitrogens with zero attached hydrogens (tertiary/aromatic N) is 2. The zero-order valence-electron chi connectivity index (χ0n) is 24.2. The quantitative estimate of drug-likeness (QED) is 0.390. The number of hydrogen-bond donors (Lipinski definition) is 1. The second-order valence-corrected chi connectivity index (χ2v) is 10.5. The summed E-state index contributed by atoms with van der Waals surface area (Å²) in [5.74, 6) is 3.46. The molecule has 1 fully saturated rings. The predicted molar refractivity (Wildman–Crippen MR) is 155 cm³/mol. The Bertz CT molecular complexity index is 1530. The molecule has 0 bridgehead atoms. The van der Waals surface area contributed by atoms with E-state index in [0.29, 0.717) is 51.8 Å². The van der Waals surface area contributed by atoms with Crippen LogP contribution in [0.15, 0.2) is 42.2 Å². The molecule has 220 valence electrons. The number of aryl methyl sites for hydroxylation is 1. The number of carbonyl (C=O) groups is 1. The second kappa shape index (κ2) is 11.5. The molecule has 3 heterocycles. The lowest BCUT2D eigenvalue weighted by Gasteiger charge is -2.35. The van der Waals surface area contributed by atoms with Crippen LogP contribution in [0.25, 0.3) is 6.08 Å². The summed E-state index contributed by atoms with van der Waals surface area (Å²) < 4.78 is 33.4. The van der Waals surface area contributed by atoms with E-state index in [9.17, 15) is 9.90 Å². The van der Waals surface area contributed by atoms with Gasteiger partial charge in [0.2, 0.25) is 18.3 Å². The van der Waals surface area contributed by atoms with Crippen LogP contribution < -0.4 is 28.4 Å². The van der Waals surface area contributed by atoms with Gasteiger partial charge in [-0.15, -0.1) is 0 Å². The number of hydrogen-bond acceptors (Lipinski definition) is 10. The molecule has 0 atom stereocenters. The number of rotatable bonds is 8. The summed E-state index contributed by atoms with van der Waals surface area (Å²) in [6.45, 7) is 6.74.